The minimum absolute atomic E-state index is 0.232. The van der Waals surface area contributed by atoms with Crippen LogP contribution in [0.25, 0.3) is 0 Å². The van der Waals surface area contributed by atoms with Crippen molar-refractivity contribution >= 4 is 11.9 Å². The zero-order chi connectivity index (χ0) is 12.0. The number of hydrogen-bond acceptors (Lipinski definition) is 2. The van der Waals surface area contributed by atoms with E-state index in [0.717, 1.165) is 0 Å². The summed E-state index contributed by atoms with van der Waals surface area (Å²) in [6.07, 6.45) is 0.930. The summed E-state index contributed by atoms with van der Waals surface area (Å²) in [6.45, 7) is 0. The van der Waals surface area contributed by atoms with Crippen molar-refractivity contribution in [3.8, 4) is 23.7 Å². The van der Waals surface area contributed by atoms with E-state index < -0.39 is 23.8 Å². The second kappa shape index (κ2) is 5.82. The van der Waals surface area contributed by atoms with Crippen molar-refractivity contribution in [3.63, 3.8) is 0 Å². The third-order valence-electron chi connectivity index (χ3n) is 2.34. The van der Waals surface area contributed by atoms with Gasteiger partial charge in [-0.25, -0.2) is 0 Å². The third-order valence-corrected chi connectivity index (χ3v) is 2.34. The van der Waals surface area contributed by atoms with Gasteiger partial charge in [0.05, 0.1) is 11.8 Å². The second-order valence-corrected chi connectivity index (χ2v) is 3.59. The number of carboxylic acid groups (broad SMARTS) is 2. The van der Waals surface area contributed by atoms with Gasteiger partial charge in [0.1, 0.15) is 0 Å². The summed E-state index contributed by atoms with van der Waals surface area (Å²) >= 11 is 0. The monoisotopic (exact) mass is 220 g/mol. The van der Waals surface area contributed by atoms with E-state index in [1.54, 1.807) is 0 Å². The highest BCUT2D eigenvalue weighted by molar-refractivity contribution is 5.71. The zero-order valence-electron chi connectivity index (χ0n) is 8.69. The van der Waals surface area contributed by atoms with E-state index in [9.17, 15) is 9.59 Å². The molecule has 16 heavy (non-hydrogen) atoms. The predicted octanol–water partition coefficient (Wildman–Crippen LogP) is 0.969. The van der Waals surface area contributed by atoms with Gasteiger partial charge in [-0.3, -0.25) is 9.59 Å². The van der Waals surface area contributed by atoms with Crippen LogP contribution in [0.5, 0.6) is 0 Å². The summed E-state index contributed by atoms with van der Waals surface area (Å²) in [5.74, 6) is 7.89. The smallest absolute Gasteiger partial charge is 0.308 e. The molecule has 0 amide bonds. The van der Waals surface area contributed by atoms with Crippen LogP contribution in [-0.4, -0.2) is 22.2 Å². The molecule has 4 nitrogen and oxygen atoms in total. The van der Waals surface area contributed by atoms with Gasteiger partial charge in [0.25, 0.3) is 0 Å². The first-order chi connectivity index (χ1) is 7.61. The Morgan fingerprint density at radius 1 is 0.750 bits per heavy atom. The summed E-state index contributed by atoms with van der Waals surface area (Å²) in [5.41, 5.74) is 0. The fraction of sp³-hybridized carbons (Fsp3) is 0.500. The molecule has 2 N–H and O–H groups in total. The molecular formula is C12H12O4. The standard InChI is InChI=1S/C12H12O4/c13-11(14)9-5-1-2-6-10(12(15)16)8-4-3-7-9/h9-10H,5-8H2,(H,13,14)(H,15,16). The van der Waals surface area contributed by atoms with Crippen molar-refractivity contribution < 1.29 is 19.8 Å². The largest absolute Gasteiger partial charge is 0.481 e. The maximum Gasteiger partial charge on any atom is 0.308 e. The van der Waals surface area contributed by atoms with E-state index in [0.29, 0.717) is 0 Å². The van der Waals surface area contributed by atoms with E-state index in [1.807, 2.05) is 0 Å². The van der Waals surface area contributed by atoms with Crippen LogP contribution in [-0.2, 0) is 9.59 Å². The Balaban J connectivity index is 2.71. The van der Waals surface area contributed by atoms with Crippen LogP contribution in [0.1, 0.15) is 25.7 Å². The first-order valence-electron chi connectivity index (χ1n) is 4.98. The normalized spacial score (nSPS) is 24.2. The molecule has 0 radical (unpaired) electrons. The van der Waals surface area contributed by atoms with Gasteiger partial charge in [-0.15, -0.1) is 23.7 Å². The van der Waals surface area contributed by atoms with Gasteiger partial charge >= 0.3 is 11.9 Å². The molecule has 1 rings (SSSR count). The summed E-state index contributed by atoms with van der Waals surface area (Å²) in [5, 5.41) is 17.7. The molecule has 0 aliphatic heterocycles. The van der Waals surface area contributed by atoms with Crippen LogP contribution < -0.4 is 0 Å². The average molecular weight is 220 g/mol. The maximum absolute atomic E-state index is 10.8. The Morgan fingerprint density at radius 2 is 1.00 bits per heavy atom. The third kappa shape index (κ3) is 3.67. The minimum atomic E-state index is -0.904. The molecule has 0 aromatic heterocycles. The summed E-state index contributed by atoms with van der Waals surface area (Å²) in [7, 11) is 0. The van der Waals surface area contributed by atoms with Gasteiger partial charge in [-0.05, 0) is 0 Å². The van der Waals surface area contributed by atoms with Crippen molar-refractivity contribution in [2.45, 2.75) is 25.7 Å². The van der Waals surface area contributed by atoms with Crippen molar-refractivity contribution in [2.24, 2.45) is 11.8 Å². The minimum Gasteiger partial charge on any atom is -0.481 e. The lowest BCUT2D eigenvalue weighted by atomic mass is 9.97. The molecule has 1 aliphatic rings. The van der Waals surface area contributed by atoms with Crippen LogP contribution in [0, 0.1) is 35.5 Å². The molecular weight excluding hydrogens is 208 g/mol. The van der Waals surface area contributed by atoms with E-state index >= 15 is 0 Å². The number of hydrogen-bond donors (Lipinski definition) is 2. The predicted molar refractivity (Wildman–Crippen MR) is 56.3 cm³/mol. The lowest BCUT2D eigenvalue weighted by molar-refractivity contribution is -0.142. The number of rotatable bonds is 2. The van der Waals surface area contributed by atoms with Crippen molar-refractivity contribution in [3.05, 3.63) is 0 Å². The number of carboxylic acids is 2. The first kappa shape index (κ1) is 12.1. The molecule has 1 aliphatic carbocycles. The molecule has 0 aromatic rings. The van der Waals surface area contributed by atoms with E-state index in [4.69, 9.17) is 10.2 Å². The number of carbonyl (C=O) groups is 2. The summed E-state index contributed by atoms with van der Waals surface area (Å²) < 4.78 is 0. The quantitative estimate of drug-likeness (QED) is 0.680. The fourth-order valence-corrected chi connectivity index (χ4v) is 1.28. The van der Waals surface area contributed by atoms with Gasteiger partial charge in [-0.1, -0.05) is 0 Å². The molecule has 0 heterocycles. The molecule has 0 bridgehead atoms. The molecule has 0 fully saturated rings. The van der Waals surface area contributed by atoms with Crippen LogP contribution in [0.2, 0.25) is 0 Å². The molecule has 0 atom stereocenters. The Hall–Kier alpha value is -1.94. The fourth-order valence-electron chi connectivity index (χ4n) is 1.28. The van der Waals surface area contributed by atoms with Gasteiger partial charge in [-0.2, -0.15) is 0 Å². The van der Waals surface area contributed by atoms with Crippen molar-refractivity contribution in [1.82, 2.24) is 0 Å². The topological polar surface area (TPSA) is 74.6 Å². The highest BCUT2D eigenvalue weighted by atomic mass is 16.4. The molecule has 0 saturated heterocycles. The molecule has 84 valence electrons. The SMILES string of the molecule is O=C(O)C1CC#CCC(C(=O)O)CC#CC1. The second-order valence-electron chi connectivity index (χ2n) is 3.59. The van der Waals surface area contributed by atoms with Gasteiger partial charge in [0.2, 0.25) is 0 Å². The van der Waals surface area contributed by atoms with Crippen LogP contribution in [0.15, 0.2) is 0 Å². The zero-order valence-corrected chi connectivity index (χ0v) is 8.69. The van der Waals surface area contributed by atoms with E-state index in [-0.39, 0.29) is 25.7 Å². The number of aliphatic carboxylic acids is 2. The van der Waals surface area contributed by atoms with Crippen molar-refractivity contribution in [2.75, 3.05) is 0 Å². The Bertz CT molecular complexity index is 342. The average Bonchev–Trinajstić information content (AvgIpc) is 2.24. The lowest BCUT2D eigenvalue weighted by Gasteiger charge is -2.06. The van der Waals surface area contributed by atoms with Crippen LogP contribution in [0.3, 0.4) is 0 Å². The Morgan fingerprint density at radius 3 is 1.19 bits per heavy atom. The van der Waals surface area contributed by atoms with Gasteiger partial charge in [0.15, 0.2) is 0 Å². The van der Waals surface area contributed by atoms with Crippen molar-refractivity contribution in [1.29, 1.82) is 0 Å². The summed E-state index contributed by atoms with van der Waals surface area (Å²) in [4.78, 5) is 21.5. The summed E-state index contributed by atoms with van der Waals surface area (Å²) in [6, 6.07) is 0. The van der Waals surface area contributed by atoms with Crippen LogP contribution >= 0.6 is 0 Å². The lowest BCUT2D eigenvalue weighted by Crippen LogP contribution is -2.14. The molecule has 4 heteroatoms. The Kier molecular flexibility index (Phi) is 4.42. The molecule has 0 saturated carbocycles. The highest BCUT2D eigenvalue weighted by Gasteiger charge is 2.17. The molecule has 0 spiro atoms. The van der Waals surface area contributed by atoms with Gasteiger partial charge in [0, 0.05) is 25.7 Å². The van der Waals surface area contributed by atoms with Gasteiger partial charge < -0.3 is 10.2 Å². The molecule has 0 aromatic carbocycles. The first-order valence-corrected chi connectivity index (χ1v) is 4.98. The van der Waals surface area contributed by atoms with Crippen LogP contribution in [0.4, 0.5) is 0 Å². The van der Waals surface area contributed by atoms with E-state index in [2.05, 4.69) is 23.7 Å². The van der Waals surface area contributed by atoms with E-state index in [1.165, 1.54) is 0 Å². The Labute approximate surface area is 93.7 Å². The maximum atomic E-state index is 10.8. The highest BCUT2D eigenvalue weighted by Crippen LogP contribution is 2.12. The molecule has 0 unspecified atom stereocenters.